The summed E-state index contributed by atoms with van der Waals surface area (Å²) in [5, 5.41) is 17.0. The highest BCUT2D eigenvalue weighted by Crippen LogP contribution is 2.12. The highest BCUT2D eigenvalue weighted by molar-refractivity contribution is 5.86. The lowest BCUT2D eigenvalue weighted by atomic mass is 10.0. The predicted octanol–water partition coefficient (Wildman–Crippen LogP) is 2.05. The summed E-state index contributed by atoms with van der Waals surface area (Å²) in [5.74, 6) is -1.71. The first kappa shape index (κ1) is 12.7. The second kappa shape index (κ2) is 6.18. The van der Waals surface area contributed by atoms with Gasteiger partial charge in [-0.15, -0.1) is 0 Å². The Morgan fingerprint density at radius 2 is 1.50 bits per heavy atom. The number of rotatable bonds is 6. The van der Waals surface area contributed by atoms with Crippen molar-refractivity contribution < 1.29 is 19.8 Å². The molecule has 0 aromatic carbocycles. The molecule has 0 atom stereocenters. The minimum absolute atomic E-state index is 0.152. The Labute approximate surface area is 83.2 Å². The van der Waals surface area contributed by atoms with E-state index in [4.69, 9.17) is 10.2 Å². The third kappa shape index (κ3) is 5.35. The number of carboxylic acids is 2. The Morgan fingerprint density at radius 3 is 1.93 bits per heavy atom. The highest BCUT2D eigenvalue weighted by atomic mass is 16.4. The van der Waals surface area contributed by atoms with E-state index >= 15 is 0 Å². The van der Waals surface area contributed by atoms with Crippen molar-refractivity contribution in [1.82, 2.24) is 0 Å². The molecule has 0 bridgehead atoms. The van der Waals surface area contributed by atoms with Gasteiger partial charge in [-0.3, -0.25) is 4.79 Å². The van der Waals surface area contributed by atoms with Crippen LogP contribution >= 0.6 is 0 Å². The number of aliphatic carboxylic acids is 2. The summed E-state index contributed by atoms with van der Waals surface area (Å²) in [6.45, 7) is 3.33. The number of carboxylic acid groups (broad SMARTS) is 2. The predicted molar refractivity (Wildman–Crippen MR) is 52.1 cm³/mol. The second-order valence-corrected chi connectivity index (χ2v) is 3.31. The van der Waals surface area contributed by atoms with Crippen molar-refractivity contribution in [3.63, 3.8) is 0 Å². The van der Waals surface area contributed by atoms with Crippen LogP contribution in [0.3, 0.4) is 0 Å². The van der Waals surface area contributed by atoms with Crippen LogP contribution in [0.25, 0.3) is 0 Å². The van der Waals surface area contributed by atoms with Crippen molar-refractivity contribution in [2.24, 2.45) is 0 Å². The van der Waals surface area contributed by atoms with Gasteiger partial charge in [-0.25, -0.2) is 4.79 Å². The van der Waals surface area contributed by atoms with Gasteiger partial charge in [0.05, 0.1) is 0 Å². The molecule has 0 amide bonds. The van der Waals surface area contributed by atoms with Gasteiger partial charge >= 0.3 is 11.9 Å². The fraction of sp³-hybridized carbons (Fsp3) is 0.600. The normalized spacial score (nSPS) is 12.1. The fourth-order valence-corrected chi connectivity index (χ4v) is 1.04. The third-order valence-corrected chi connectivity index (χ3v) is 2.15. The molecule has 0 aliphatic heterocycles. The summed E-state index contributed by atoms with van der Waals surface area (Å²) in [4.78, 5) is 20.7. The van der Waals surface area contributed by atoms with Crippen LogP contribution in [0.1, 0.15) is 39.5 Å². The van der Waals surface area contributed by atoms with Gasteiger partial charge in [-0.1, -0.05) is 5.57 Å². The average molecular weight is 200 g/mol. The first-order chi connectivity index (χ1) is 6.45. The van der Waals surface area contributed by atoms with Crippen molar-refractivity contribution in [1.29, 1.82) is 0 Å². The summed E-state index contributed by atoms with van der Waals surface area (Å²) in [6, 6.07) is 0. The van der Waals surface area contributed by atoms with Gasteiger partial charge in [0.15, 0.2) is 0 Å². The zero-order chi connectivity index (χ0) is 11.1. The Hall–Kier alpha value is -1.32. The van der Waals surface area contributed by atoms with Crippen LogP contribution in [0.15, 0.2) is 11.1 Å². The standard InChI is InChI=1S/C10H16O4/c1-7(8(2)10(13)14)5-3-4-6-9(11)12/h3-6H2,1-2H3,(H,11,12)(H,13,14). The van der Waals surface area contributed by atoms with Crippen molar-refractivity contribution in [3.05, 3.63) is 11.1 Å². The van der Waals surface area contributed by atoms with Crippen LogP contribution in [0.5, 0.6) is 0 Å². The molecule has 0 heterocycles. The molecule has 80 valence electrons. The molecule has 0 unspecified atom stereocenters. The number of allylic oxidation sites excluding steroid dienone is 1. The van der Waals surface area contributed by atoms with E-state index < -0.39 is 11.9 Å². The molecule has 4 heteroatoms. The lowest BCUT2D eigenvalue weighted by Crippen LogP contribution is -2.00. The largest absolute Gasteiger partial charge is 0.481 e. The van der Waals surface area contributed by atoms with Crippen LogP contribution in [0, 0.1) is 0 Å². The lowest BCUT2D eigenvalue weighted by Gasteiger charge is -2.02. The zero-order valence-electron chi connectivity index (χ0n) is 8.54. The molecule has 0 aliphatic carbocycles. The van der Waals surface area contributed by atoms with Gasteiger partial charge in [0.25, 0.3) is 0 Å². The molecule has 0 saturated carbocycles. The molecule has 2 N–H and O–H groups in total. The van der Waals surface area contributed by atoms with Crippen molar-refractivity contribution in [2.75, 3.05) is 0 Å². The lowest BCUT2D eigenvalue weighted by molar-refractivity contribution is -0.137. The summed E-state index contributed by atoms with van der Waals surface area (Å²) in [7, 11) is 0. The Morgan fingerprint density at radius 1 is 1.00 bits per heavy atom. The van der Waals surface area contributed by atoms with E-state index in [0.29, 0.717) is 18.4 Å². The van der Waals surface area contributed by atoms with Crippen LogP contribution in [0.2, 0.25) is 0 Å². The molecule has 14 heavy (non-hydrogen) atoms. The van der Waals surface area contributed by atoms with E-state index in [1.165, 1.54) is 0 Å². The number of unbranched alkanes of at least 4 members (excludes halogenated alkanes) is 1. The Balaban J connectivity index is 3.84. The van der Waals surface area contributed by atoms with Gasteiger partial charge in [-0.05, 0) is 33.1 Å². The smallest absolute Gasteiger partial charge is 0.331 e. The molecule has 0 radical (unpaired) electrons. The molecule has 0 spiro atoms. The van der Waals surface area contributed by atoms with Gasteiger partial charge in [0.2, 0.25) is 0 Å². The minimum Gasteiger partial charge on any atom is -0.481 e. The van der Waals surface area contributed by atoms with Crippen molar-refractivity contribution >= 4 is 11.9 Å². The number of hydrogen-bond acceptors (Lipinski definition) is 2. The molecular weight excluding hydrogens is 184 g/mol. The van der Waals surface area contributed by atoms with Crippen LogP contribution in [-0.4, -0.2) is 22.2 Å². The van der Waals surface area contributed by atoms with E-state index in [-0.39, 0.29) is 6.42 Å². The second-order valence-electron chi connectivity index (χ2n) is 3.31. The third-order valence-electron chi connectivity index (χ3n) is 2.15. The first-order valence-electron chi connectivity index (χ1n) is 4.56. The number of hydrogen-bond donors (Lipinski definition) is 2. The Kier molecular flexibility index (Phi) is 5.60. The summed E-state index contributed by atoms with van der Waals surface area (Å²) in [6.07, 6.45) is 2.13. The minimum atomic E-state index is -0.902. The maximum Gasteiger partial charge on any atom is 0.331 e. The van der Waals surface area contributed by atoms with Gasteiger partial charge in [0, 0.05) is 12.0 Å². The van der Waals surface area contributed by atoms with Crippen molar-refractivity contribution in [2.45, 2.75) is 39.5 Å². The average Bonchev–Trinajstić information content (AvgIpc) is 2.10. The quantitative estimate of drug-likeness (QED) is 0.508. The molecule has 0 saturated heterocycles. The van der Waals surface area contributed by atoms with E-state index in [1.54, 1.807) is 13.8 Å². The zero-order valence-corrected chi connectivity index (χ0v) is 8.54. The van der Waals surface area contributed by atoms with Crippen molar-refractivity contribution in [3.8, 4) is 0 Å². The van der Waals surface area contributed by atoms with Gasteiger partial charge < -0.3 is 10.2 Å². The summed E-state index contributed by atoms with van der Waals surface area (Å²) in [5.41, 5.74) is 1.18. The van der Waals surface area contributed by atoms with Crippen LogP contribution in [0.4, 0.5) is 0 Å². The highest BCUT2D eigenvalue weighted by Gasteiger charge is 2.05. The fourth-order valence-electron chi connectivity index (χ4n) is 1.04. The molecule has 0 aromatic rings. The monoisotopic (exact) mass is 200 g/mol. The molecule has 0 fully saturated rings. The SMILES string of the molecule is CC(CCCCC(=O)O)=C(C)C(=O)O. The topological polar surface area (TPSA) is 74.6 Å². The number of carbonyl (C=O) groups is 2. The molecule has 0 rings (SSSR count). The molecular formula is C10H16O4. The first-order valence-corrected chi connectivity index (χ1v) is 4.56. The molecule has 0 aliphatic rings. The van der Waals surface area contributed by atoms with Crippen LogP contribution < -0.4 is 0 Å². The van der Waals surface area contributed by atoms with Gasteiger partial charge in [0.1, 0.15) is 0 Å². The van der Waals surface area contributed by atoms with E-state index in [2.05, 4.69) is 0 Å². The van der Waals surface area contributed by atoms with Crippen LogP contribution in [-0.2, 0) is 9.59 Å². The maximum atomic E-state index is 10.5. The Bertz CT molecular complexity index is 253. The maximum absolute atomic E-state index is 10.5. The molecule has 4 nitrogen and oxygen atoms in total. The van der Waals surface area contributed by atoms with Gasteiger partial charge in [-0.2, -0.15) is 0 Å². The van der Waals surface area contributed by atoms with E-state index in [9.17, 15) is 9.59 Å². The summed E-state index contributed by atoms with van der Waals surface area (Å²) < 4.78 is 0. The van der Waals surface area contributed by atoms with E-state index in [0.717, 1.165) is 12.0 Å². The summed E-state index contributed by atoms with van der Waals surface area (Å²) >= 11 is 0. The van der Waals surface area contributed by atoms with E-state index in [1.807, 2.05) is 0 Å². The molecule has 0 aromatic heterocycles.